The highest BCUT2D eigenvalue weighted by Crippen LogP contribution is 2.22. The predicted molar refractivity (Wildman–Crippen MR) is 481 cm³/mol. The summed E-state index contributed by atoms with van der Waals surface area (Å²) in [6, 6.07) is 20.6. The minimum atomic E-state index is -1.67. The summed E-state index contributed by atoms with van der Waals surface area (Å²) in [5, 5.41) is 38.5. The van der Waals surface area contributed by atoms with Crippen LogP contribution in [0.25, 0.3) is 0 Å². The number of aryl methyl sites for hydroxylation is 3. The van der Waals surface area contributed by atoms with Gasteiger partial charge in [0.2, 0.25) is 21.0 Å². The Morgan fingerprint density at radius 3 is 0.976 bits per heavy atom. The molecule has 123 heavy (non-hydrogen) atoms. The van der Waals surface area contributed by atoms with Crippen LogP contribution in [-0.2, 0) is 110 Å². The molecule has 0 aromatic heterocycles. The van der Waals surface area contributed by atoms with E-state index in [0.717, 1.165) is 42.6 Å². The maximum Gasteiger partial charge on any atom is 0.412 e. The highest BCUT2D eigenvalue weighted by Gasteiger charge is 2.28. The number of benzene rings is 3. The molecule has 702 valence electrons. The fourth-order valence-corrected chi connectivity index (χ4v) is 10.5. The first-order chi connectivity index (χ1) is 57.7. The van der Waals surface area contributed by atoms with Crippen LogP contribution in [0.4, 0.5) is 31.4 Å². The van der Waals surface area contributed by atoms with Crippen molar-refractivity contribution in [1.29, 1.82) is 0 Å². The van der Waals surface area contributed by atoms with Gasteiger partial charge in [0.25, 0.3) is 0 Å². The first-order valence-corrected chi connectivity index (χ1v) is 44.5. The monoisotopic (exact) mass is 1800 g/mol. The molecule has 0 unspecified atom stereocenters. The molecule has 33 nitrogen and oxygen atoms in total. The minimum absolute atomic E-state index is 0.0152. The number of carboxylic acids is 1. The molecule has 0 bridgehead atoms. The number of aliphatic hydroxyl groups excluding tert-OH is 1. The van der Waals surface area contributed by atoms with E-state index in [1.54, 1.807) is 128 Å². The van der Waals surface area contributed by atoms with Crippen LogP contribution in [0.1, 0.15) is 230 Å². The second-order valence-electron chi connectivity index (χ2n) is 30.8. The summed E-state index contributed by atoms with van der Waals surface area (Å²) in [5.74, 6) is -3.85. The molecule has 3 aromatic rings. The van der Waals surface area contributed by atoms with E-state index in [2.05, 4.69) is 63.9 Å². The van der Waals surface area contributed by atoms with Gasteiger partial charge < -0.3 is 86.7 Å². The summed E-state index contributed by atoms with van der Waals surface area (Å²) >= 11 is 0. The Morgan fingerprint density at radius 1 is 0.431 bits per heavy atom. The predicted octanol–water partition coefficient (Wildman–Crippen LogP) is 12.3. The van der Waals surface area contributed by atoms with Crippen molar-refractivity contribution < 1.29 is 110 Å². The van der Waals surface area contributed by atoms with Crippen LogP contribution in [0.5, 0.6) is 0 Å². The molecule has 0 aliphatic rings. The Morgan fingerprint density at radius 2 is 0.699 bits per heavy atom. The van der Waals surface area contributed by atoms with E-state index in [1.807, 2.05) is 62.6 Å². The lowest BCUT2D eigenvalue weighted by Gasteiger charge is -2.21. The summed E-state index contributed by atoms with van der Waals surface area (Å²) in [5.41, 5.74) is 14.3. The van der Waals surface area contributed by atoms with Crippen LogP contribution in [0.3, 0.4) is 0 Å². The number of aliphatic carboxylic acids is 1. The number of nitrogens with two attached hydrogens (primary N) is 2. The van der Waals surface area contributed by atoms with Gasteiger partial charge in [-0.05, 0) is 274 Å². The lowest BCUT2D eigenvalue weighted by molar-refractivity contribution is -0.150. The van der Waals surface area contributed by atoms with E-state index < -0.39 is 74.2 Å². The van der Waals surface area contributed by atoms with Gasteiger partial charge in [0.05, 0.1) is 44.2 Å². The zero-order valence-electron chi connectivity index (χ0n) is 76.1. The summed E-state index contributed by atoms with van der Waals surface area (Å²) in [4.78, 5) is 152. The number of Topliss-reactive ketones (excluding diaryl/α,β-unsaturated/α-hetero) is 3. The average Bonchev–Trinajstić information content (AvgIpc) is 0.895. The van der Waals surface area contributed by atoms with E-state index in [-0.39, 0.29) is 91.4 Å². The Labute approximate surface area is 740 Å². The summed E-state index contributed by atoms with van der Waals surface area (Å²) < 4.78 is 44.6. The molecule has 5 atom stereocenters. The van der Waals surface area contributed by atoms with Crippen LogP contribution in [0.15, 0.2) is 72.8 Å². The normalized spacial score (nSPS) is 11.9. The number of amides is 5. The molecule has 0 saturated carbocycles. The van der Waals surface area contributed by atoms with Crippen molar-refractivity contribution in [2.24, 2.45) is 23.5 Å². The molecule has 3 aromatic carbocycles. The number of rotatable bonds is 47. The van der Waals surface area contributed by atoms with E-state index in [1.165, 1.54) is 13.8 Å². The number of esters is 4. The number of nitrogens with one attached hydrogen (secondary N) is 8. The highest BCUT2D eigenvalue weighted by molar-refractivity contribution is 8.26. The number of hydrogen-bond acceptors (Lipinski definition) is 27. The van der Waals surface area contributed by atoms with Gasteiger partial charge in [-0.3, -0.25) is 53.8 Å². The van der Waals surface area contributed by atoms with Gasteiger partial charge in [0.1, 0.15) is 46.2 Å². The third-order valence-electron chi connectivity index (χ3n) is 16.2. The van der Waals surface area contributed by atoms with Gasteiger partial charge in [-0.15, -0.1) is 0 Å². The second-order valence-corrected chi connectivity index (χ2v) is 33.4. The standard InChI is InChI=1S/C24H36N2O6.C23H36N2O5.C19H28N2O4.C11H22N2O4.C8H18N2O2.C2H6O.Cl2OS/c1-6-31-22(29)19(8-7-15-25-17(2)27)16-21(28)14-11-18-9-12-20(13-10-18)26-23(30)32-24(3,4)5;1-6-29-21(27)18(8-7-15-24-5)16-20(26)14-11-17-9-12-19(13-10-17)25-22(28)30-23(2,3)4;1-3-25-19(24)16(5-4-12-21-14(2)22)13-18(23)11-8-15-6-9-17(20)10-7-15;1-11(2,3)17-10(16)13-8(9(14)15)6-5-7-12-4;1-3-12-8(11)7(9)5-4-6-10-2;1-2-3;1-4(2)3/h9-10,12-13,19H,6-8,11,14-16H2,1-5H3,(H,25,27)(H,26,30);9-10,12-13,18,24H,6-8,11,14-16H2,1-5H3,(H,25,28);6-7,9-10,16H,3-5,8,11-13,20H2,1-2H3,(H,21,22);8,12H,5-7H2,1-4H3,(H,13,16)(H,14,15);7,10H,3-6,9H2,1-2H3;3H,2H2,1H3;/t19-;18-;16-;8-;7-;;/m00011../s1. The van der Waals surface area contributed by atoms with E-state index >= 15 is 0 Å². The minimum Gasteiger partial charge on any atom is -0.480 e. The van der Waals surface area contributed by atoms with Crippen molar-refractivity contribution in [2.45, 2.75) is 262 Å². The highest BCUT2D eigenvalue weighted by atomic mass is 36.0. The quantitative estimate of drug-likeness (QED) is 0.00821. The number of ketones is 3. The summed E-state index contributed by atoms with van der Waals surface area (Å²) in [6.07, 6.45) is 7.88. The topological polar surface area (TPSA) is 492 Å². The molecule has 0 saturated heterocycles. The van der Waals surface area contributed by atoms with Crippen LogP contribution >= 0.6 is 21.4 Å². The van der Waals surface area contributed by atoms with Gasteiger partial charge in [-0.2, -0.15) is 0 Å². The van der Waals surface area contributed by atoms with Gasteiger partial charge in [0, 0.05) is 110 Å². The van der Waals surface area contributed by atoms with Gasteiger partial charge in [-0.1, -0.05) is 36.4 Å². The molecule has 0 aliphatic carbocycles. The fourth-order valence-electron chi connectivity index (χ4n) is 10.5. The van der Waals surface area contributed by atoms with E-state index in [9.17, 15) is 62.3 Å². The second kappa shape index (κ2) is 72.4. The maximum absolute atomic E-state index is 12.5. The number of alkyl carbamates (subject to hydrolysis) is 1. The molecule has 14 N–H and O–H groups in total. The lowest BCUT2D eigenvalue weighted by atomic mass is 9.94. The number of nitrogen functional groups attached to an aromatic ring is 1. The van der Waals surface area contributed by atoms with E-state index in [0.29, 0.717) is 146 Å². The number of ether oxygens (including phenoxy) is 7. The molecule has 0 fully saturated rings. The number of carbonyl (C=O) groups is 13. The third kappa shape index (κ3) is 75.4. The van der Waals surface area contributed by atoms with Crippen LogP contribution in [0.2, 0.25) is 0 Å². The molecular formula is C87H146Cl2N10O23S. The molecule has 0 spiro atoms. The van der Waals surface area contributed by atoms with Gasteiger partial charge in [-0.25, -0.2) is 23.4 Å². The number of hydrogen-bond donors (Lipinski definition) is 12. The third-order valence-corrected chi connectivity index (χ3v) is 16.2. The number of anilines is 3. The smallest absolute Gasteiger partial charge is 0.412 e. The lowest BCUT2D eigenvalue weighted by Crippen LogP contribution is -2.43. The molecule has 0 heterocycles. The number of carboxylic acid groups (broad SMARTS) is 1. The van der Waals surface area contributed by atoms with E-state index in [4.69, 9.17) is 59.0 Å². The summed E-state index contributed by atoms with van der Waals surface area (Å²) in [7, 11) is 12.9. The van der Waals surface area contributed by atoms with Crippen LogP contribution < -0.4 is 54.0 Å². The van der Waals surface area contributed by atoms with Crippen LogP contribution in [-0.4, -0.2) is 208 Å². The Kier molecular flexibility index (Phi) is 70.9. The number of halogens is 2. The molecular weight excluding hydrogens is 1660 g/mol. The van der Waals surface area contributed by atoms with Crippen molar-refractivity contribution in [1.82, 2.24) is 31.9 Å². The zero-order valence-corrected chi connectivity index (χ0v) is 78.4. The molecule has 5 amide bonds. The molecule has 0 aliphatic heterocycles. The first-order valence-electron chi connectivity index (χ1n) is 41.7. The number of aliphatic hydroxyl groups is 1. The summed E-state index contributed by atoms with van der Waals surface area (Å²) in [6.45, 7) is 32.4. The molecule has 36 heteroatoms. The van der Waals surface area contributed by atoms with Crippen molar-refractivity contribution in [3.05, 3.63) is 89.5 Å². The first kappa shape index (κ1) is 120. The van der Waals surface area contributed by atoms with Crippen molar-refractivity contribution >= 4 is 125 Å². The SMILES string of the molecule is CCO.CCOC(=O)[C@@H](CCCNC(C)=O)CC(=O)CCc1ccc(N)cc1.CCOC(=O)[C@@H](CCCNC(C)=O)CC(=O)CCc1ccc(NC(=O)OC(C)(C)C)cc1.CCOC(=O)[C@@H](CCCNC)CC(=O)CCc1ccc(NC(=O)OC(C)(C)C)cc1.CCOC(=O)[C@H](N)CCCNC.CNCCC[C@@H](NC(=O)OC(C)(C)C)C(=O)O.O=S(Cl)Cl. The molecule has 3 rings (SSSR count). The number of carbonyl (C=O) groups excluding carboxylic acids is 12. The Hall–Kier alpha value is -8.90. The zero-order chi connectivity index (χ0) is 94.5. The van der Waals surface area contributed by atoms with Crippen molar-refractivity contribution in [2.75, 3.05) is 103 Å². The molecule has 0 radical (unpaired) electrons. The average molecular weight is 1800 g/mol. The maximum atomic E-state index is 12.5. The van der Waals surface area contributed by atoms with Gasteiger partial charge >= 0.3 is 48.1 Å². The Balaban J connectivity index is -0.000000727. The largest absolute Gasteiger partial charge is 0.480 e. The van der Waals surface area contributed by atoms with Crippen molar-refractivity contribution in [3.8, 4) is 0 Å². The van der Waals surface area contributed by atoms with Crippen LogP contribution in [0, 0.1) is 17.8 Å². The fraction of sp³-hybridized carbons (Fsp3) is 0.644. The Bertz CT molecular complexity index is 3500. The van der Waals surface area contributed by atoms with Crippen molar-refractivity contribution in [3.63, 3.8) is 0 Å². The van der Waals surface area contributed by atoms with Gasteiger partial charge in [0.15, 0.2) is 0 Å².